The third kappa shape index (κ3) is 2.92. The van der Waals surface area contributed by atoms with Gasteiger partial charge < -0.3 is 9.73 Å². The molecule has 0 amide bonds. The minimum Gasteiger partial charge on any atom is -0.421 e. The molecule has 0 saturated carbocycles. The molecular formula is C13H16FN3O. The van der Waals surface area contributed by atoms with Gasteiger partial charge in [0.2, 0.25) is 11.8 Å². The molecule has 1 aromatic heterocycles. The van der Waals surface area contributed by atoms with Gasteiger partial charge in [0, 0.05) is 12.0 Å². The summed E-state index contributed by atoms with van der Waals surface area (Å²) in [5, 5.41) is 11.0. The first-order valence-corrected chi connectivity index (χ1v) is 5.94. The summed E-state index contributed by atoms with van der Waals surface area (Å²) in [5.74, 6) is 0.806. The summed E-state index contributed by atoms with van der Waals surface area (Å²) in [6, 6.07) is 4.52. The molecule has 1 N–H and O–H groups in total. The SMILES string of the molecule is CNCCCc1nnc(-c2ccc(F)cc2C)o1. The van der Waals surface area contributed by atoms with Crippen LogP contribution in [0.15, 0.2) is 22.6 Å². The number of aryl methyl sites for hydroxylation is 2. The topological polar surface area (TPSA) is 51.0 Å². The van der Waals surface area contributed by atoms with Crippen molar-refractivity contribution in [3.63, 3.8) is 0 Å². The Hall–Kier alpha value is -1.75. The van der Waals surface area contributed by atoms with E-state index in [1.807, 2.05) is 14.0 Å². The molecule has 0 aliphatic heterocycles. The van der Waals surface area contributed by atoms with Gasteiger partial charge in [-0.05, 0) is 50.7 Å². The molecule has 0 atom stereocenters. The zero-order chi connectivity index (χ0) is 13.0. The van der Waals surface area contributed by atoms with Crippen molar-refractivity contribution in [3.05, 3.63) is 35.5 Å². The highest BCUT2D eigenvalue weighted by molar-refractivity contribution is 5.57. The number of nitrogens with zero attached hydrogens (tertiary/aromatic N) is 2. The third-order valence-corrected chi connectivity index (χ3v) is 2.70. The van der Waals surface area contributed by atoms with Crippen LogP contribution in [0.25, 0.3) is 11.5 Å². The van der Waals surface area contributed by atoms with Gasteiger partial charge in [-0.2, -0.15) is 0 Å². The quantitative estimate of drug-likeness (QED) is 0.826. The standard InChI is InChI=1S/C13H16FN3O/c1-9-8-10(14)5-6-11(9)13-17-16-12(18-13)4-3-7-15-2/h5-6,8,15H,3-4,7H2,1-2H3. The van der Waals surface area contributed by atoms with E-state index < -0.39 is 0 Å². The summed E-state index contributed by atoms with van der Waals surface area (Å²) in [6.07, 6.45) is 1.69. The third-order valence-electron chi connectivity index (χ3n) is 2.70. The molecule has 0 aliphatic rings. The Labute approximate surface area is 105 Å². The Morgan fingerprint density at radius 2 is 2.17 bits per heavy atom. The van der Waals surface area contributed by atoms with E-state index in [0.29, 0.717) is 11.8 Å². The van der Waals surface area contributed by atoms with Crippen molar-refractivity contribution in [1.82, 2.24) is 15.5 Å². The summed E-state index contributed by atoms with van der Waals surface area (Å²) in [6.45, 7) is 2.73. The van der Waals surface area contributed by atoms with Crippen molar-refractivity contribution in [2.24, 2.45) is 0 Å². The normalized spacial score (nSPS) is 10.8. The van der Waals surface area contributed by atoms with E-state index in [2.05, 4.69) is 15.5 Å². The van der Waals surface area contributed by atoms with Gasteiger partial charge in [0.25, 0.3) is 0 Å². The van der Waals surface area contributed by atoms with Crippen molar-refractivity contribution >= 4 is 0 Å². The molecule has 2 rings (SSSR count). The number of rotatable bonds is 5. The first-order chi connectivity index (χ1) is 8.70. The molecular weight excluding hydrogens is 233 g/mol. The maximum absolute atomic E-state index is 13.0. The van der Waals surface area contributed by atoms with E-state index in [0.717, 1.165) is 30.5 Å². The highest BCUT2D eigenvalue weighted by Gasteiger charge is 2.11. The minimum atomic E-state index is -0.259. The van der Waals surface area contributed by atoms with E-state index in [9.17, 15) is 4.39 Å². The molecule has 0 aliphatic carbocycles. The lowest BCUT2D eigenvalue weighted by atomic mass is 10.1. The molecule has 0 unspecified atom stereocenters. The Morgan fingerprint density at radius 1 is 1.33 bits per heavy atom. The number of halogens is 1. The van der Waals surface area contributed by atoms with E-state index in [4.69, 9.17) is 4.42 Å². The lowest BCUT2D eigenvalue weighted by Crippen LogP contribution is -2.08. The van der Waals surface area contributed by atoms with Crippen LogP contribution >= 0.6 is 0 Å². The Kier molecular flexibility index (Phi) is 4.04. The van der Waals surface area contributed by atoms with E-state index in [1.165, 1.54) is 12.1 Å². The molecule has 0 bridgehead atoms. The van der Waals surface area contributed by atoms with Gasteiger partial charge in [-0.15, -0.1) is 10.2 Å². The second kappa shape index (κ2) is 5.73. The molecule has 18 heavy (non-hydrogen) atoms. The van der Waals surface area contributed by atoms with Crippen LogP contribution in [0.2, 0.25) is 0 Å². The fourth-order valence-electron chi connectivity index (χ4n) is 1.75. The fourth-order valence-corrected chi connectivity index (χ4v) is 1.75. The van der Waals surface area contributed by atoms with Crippen LogP contribution in [0, 0.1) is 12.7 Å². The Balaban J connectivity index is 2.13. The zero-order valence-corrected chi connectivity index (χ0v) is 10.5. The molecule has 96 valence electrons. The summed E-state index contributed by atoms with van der Waals surface area (Å²) >= 11 is 0. The van der Waals surface area contributed by atoms with E-state index in [-0.39, 0.29) is 5.82 Å². The first kappa shape index (κ1) is 12.7. The van der Waals surface area contributed by atoms with Gasteiger partial charge in [0.15, 0.2) is 0 Å². The molecule has 1 heterocycles. The second-order valence-electron chi connectivity index (χ2n) is 4.17. The van der Waals surface area contributed by atoms with Crippen LogP contribution < -0.4 is 5.32 Å². The molecule has 0 fully saturated rings. The molecule has 5 heteroatoms. The number of aromatic nitrogens is 2. The average Bonchev–Trinajstić information content (AvgIpc) is 2.78. The fraction of sp³-hybridized carbons (Fsp3) is 0.385. The molecule has 0 spiro atoms. The van der Waals surface area contributed by atoms with Crippen LogP contribution in [0.5, 0.6) is 0 Å². The number of benzene rings is 1. The van der Waals surface area contributed by atoms with E-state index in [1.54, 1.807) is 6.07 Å². The predicted molar refractivity (Wildman–Crippen MR) is 66.7 cm³/mol. The smallest absolute Gasteiger partial charge is 0.248 e. The molecule has 2 aromatic rings. The van der Waals surface area contributed by atoms with Crippen molar-refractivity contribution in [1.29, 1.82) is 0 Å². The van der Waals surface area contributed by atoms with Gasteiger partial charge in [0.05, 0.1) is 0 Å². The Bertz CT molecular complexity index is 525. The van der Waals surface area contributed by atoms with Gasteiger partial charge in [-0.3, -0.25) is 0 Å². The van der Waals surface area contributed by atoms with Crippen LogP contribution in [-0.4, -0.2) is 23.8 Å². The summed E-state index contributed by atoms with van der Waals surface area (Å²) in [7, 11) is 1.90. The molecule has 0 saturated heterocycles. The molecule has 0 radical (unpaired) electrons. The van der Waals surface area contributed by atoms with Crippen molar-refractivity contribution in [2.45, 2.75) is 19.8 Å². The number of nitrogens with one attached hydrogen (secondary N) is 1. The number of hydrogen-bond acceptors (Lipinski definition) is 4. The number of hydrogen-bond donors (Lipinski definition) is 1. The van der Waals surface area contributed by atoms with Gasteiger partial charge in [-0.1, -0.05) is 0 Å². The average molecular weight is 249 g/mol. The maximum Gasteiger partial charge on any atom is 0.248 e. The van der Waals surface area contributed by atoms with Gasteiger partial charge in [-0.25, -0.2) is 4.39 Å². The summed E-state index contributed by atoms with van der Waals surface area (Å²) in [4.78, 5) is 0. The summed E-state index contributed by atoms with van der Waals surface area (Å²) < 4.78 is 18.6. The Morgan fingerprint density at radius 3 is 2.89 bits per heavy atom. The predicted octanol–water partition coefficient (Wildman–Crippen LogP) is 2.34. The largest absolute Gasteiger partial charge is 0.421 e. The van der Waals surface area contributed by atoms with Crippen LogP contribution in [0.1, 0.15) is 17.9 Å². The monoisotopic (exact) mass is 249 g/mol. The highest BCUT2D eigenvalue weighted by Crippen LogP contribution is 2.22. The highest BCUT2D eigenvalue weighted by atomic mass is 19.1. The maximum atomic E-state index is 13.0. The van der Waals surface area contributed by atoms with Crippen molar-refractivity contribution in [3.8, 4) is 11.5 Å². The van der Waals surface area contributed by atoms with Crippen molar-refractivity contribution < 1.29 is 8.81 Å². The van der Waals surface area contributed by atoms with Crippen LogP contribution in [0.3, 0.4) is 0 Å². The molecule has 1 aromatic carbocycles. The molecule has 4 nitrogen and oxygen atoms in total. The van der Waals surface area contributed by atoms with Crippen LogP contribution in [-0.2, 0) is 6.42 Å². The zero-order valence-electron chi connectivity index (χ0n) is 10.5. The van der Waals surface area contributed by atoms with Gasteiger partial charge in [0.1, 0.15) is 5.82 Å². The van der Waals surface area contributed by atoms with Crippen molar-refractivity contribution in [2.75, 3.05) is 13.6 Å². The minimum absolute atomic E-state index is 0.259. The van der Waals surface area contributed by atoms with E-state index >= 15 is 0 Å². The summed E-state index contributed by atoms with van der Waals surface area (Å²) in [5.41, 5.74) is 1.57. The lowest BCUT2D eigenvalue weighted by Gasteiger charge is -2.00. The van der Waals surface area contributed by atoms with Crippen LogP contribution in [0.4, 0.5) is 4.39 Å². The van der Waals surface area contributed by atoms with Gasteiger partial charge >= 0.3 is 0 Å². The first-order valence-electron chi connectivity index (χ1n) is 5.94. The lowest BCUT2D eigenvalue weighted by molar-refractivity contribution is 0.494. The second-order valence-corrected chi connectivity index (χ2v) is 4.17.